The monoisotopic (exact) mass is 370 g/mol. The first-order valence-corrected chi connectivity index (χ1v) is 7.95. The molecule has 0 heterocycles. The Morgan fingerprint density at radius 1 is 1.08 bits per heavy atom. The first-order valence-electron chi connectivity index (χ1n) is 7.95. The van der Waals surface area contributed by atoms with Gasteiger partial charge in [-0.25, -0.2) is 0 Å². The molecular weight excluding hydrogens is 344 g/mol. The van der Waals surface area contributed by atoms with Crippen LogP contribution in [0.25, 0.3) is 0 Å². The molecule has 0 saturated heterocycles. The Labute approximate surface area is 154 Å². The van der Waals surface area contributed by atoms with Crippen LogP contribution < -0.4 is 21.7 Å². The Morgan fingerprint density at radius 3 is 2.24 bits per heavy atom. The third-order valence-electron chi connectivity index (χ3n) is 3.31. The molecular formula is C17H27ClN4O3. The third-order valence-corrected chi connectivity index (χ3v) is 3.31. The maximum absolute atomic E-state index is 12.1. The van der Waals surface area contributed by atoms with Gasteiger partial charge >= 0.3 is 0 Å². The molecule has 0 fully saturated rings. The van der Waals surface area contributed by atoms with Crippen LogP contribution >= 0.6 is 12.4 Å². The van der Waals surface area contributed by atoms with Gasteiger partial charge in [-0.05, 0) is 31.9 Å². The molecule has 0 aliphatic heterocycles. The summed E-state index contributed by atoms with van der Waals surface area (Å²) in [4.78, 5) is 35.9. The lowest BCUT2D eigenvalue weighted by molar-refractivity contribution is -0.125. The third kappa shape index (κ3) is 7.53. The molecule has 0 radical (unpaired) electrons. The molecule has 0 spiro atoms. The minimum atomic E-state index is -0.665. The number of carbonyl (C=O) groups excluding carboxylic acids is 3. The van der Waals surface area contributed by atoms with Gasteiger partial charge in [-0.1, -0.05) is 26.0 Å². The minimum Gasteiger partial charge on any atom is -0.350 e. The van der Waals surface area contributed by atoms with Crippen LogP contribution in [0.5, 0.6) is 0 Å². The molecule has 1 rings (SSSR count). The van der Waals surface area contributed by atoms with Gasteiger partial charge in [-0.2, -0.15) is 0 Å². The molecule has 0 aliphatic carbocycles. The molecule has 0 aliphatic rings. The fourth-order valence-corrected chi connectivity index (χ4v) is 1.91. The van der Waals surface area contributed by atoms with Crippen molar-refractivity contribution in [3.05, 3.63) is 29.8 Å². The van der Waals surface area contributed by atoms with Crippen molar-refractivity contribution in [3.8, 4) is 0 Å². The number of nitrogens with one attached hydrogen (secondary N) is 3. The van der Waals surface area contributed by atoms with Crippen LogP contribution in [0.2, 0.25) is 0 Å². The molecule has 0 aromatic heterocycles. The van der Waals surface area contributed by atoms with E-state index in [0.717, 1.165) is 0 Å². The van der Waals surface area contributed by atoms with E-state index in [1.165, 1.54) is 0 Å². The summed E-state index contributed by atoms with van der Waals surface area (Å²) in [6.07, 6.45) is 0. The van der Waals surface area contributed by atoms with E-state index < -0.39 is 11.9 Å². The minimum absolute atomic E-state index is 0. The average Bonchev–Trinajstić information content (AvgIpc) is 2.51. The average molecular weight is 371 g/mol. The highest BCUT2D eigenvalue weighted by atomic mass is 35.5. The molecule has 25 heavy (non-hydrogen) atoms. The van der Waals surface area contributed by atoms with Crippen LogP contribution in [0.1, 0.15) is 38.1 Å². The first kappa shape index (κ1) is 22.9. The quantitative estimate of drug-likeness (QED) is 0.579. The predicted molar refractivity (Wildman–Crippen MR) is 101 cm³/mol. The van der Waals surface area contributed by atoms with E-state index in [2.05, 4.69) is 16.0 Å². The zero-order valence-electron chi connectivity index (χ0n) is 15.0. The number of carbonyl (C=O) groups is 3. The Hall–Kier alpha value is -2.12. The molecule has 8 heteroatoms. The molecule has 3 amide bonds. The van der Waals surface area contributed by atoms with E-state index in [1.807, 2.05) is 27.7 Å². The summed E-state index contributed by atoms with van der Waals surface area (Å²) in [5.74, 6) is -1.10. The number of para-hydroxylation sites is 1. The van der Waals surface area contributed by atoms with E-state index >= 15 is 0 Å². The maximum atomic E-state index is 12.1. The number of nitrogens with two attached hydrogens (primary N) is 1. The van der Waals surface area contributed by atoms with E-state index in [9.17, 15) is 14.4 Å². The van der Waals surface area contributed by atoms with Crippen molar-refractivity contribution in [3.63, 3.8) is 0 Å². The molecule has 7 nitrogen and oxygen atoms in total. The SMILES string of the molecule is CC(C)NC(=O)c1ccccc1NC(=O)CNC(=O)[C@@H](N)C(C)C.Cl. The number of hydrogen-bond donors (Lipinski definition) is 4. The van der Waals surface area contributed by atoms with E-state index in [1.54, 1.807) is 24.3 Å². The highest BCUT2D eigenvalue weighted by Crippen LogP contribution is 2.15. The Kier molecular flexibility index (Phi) is 9.78. The normalized spacial score (nSPS) is 11.5. The molecule has 0 unspecified atom stereocenters. The molecule has 140 valence electrons. The van der Waals surface area contributed by atoms with Crippen molar-refractivity contribution in [2.45, 2.75) is 39.8 Å². The van der Waals surface area contributed by atoms with Crippen molar-refractivity contribution in [1.29, 1.82) is 0 Å². The van der Waals surface area contributed by atoms with Gasteiger partial charge in [0, 0.05) is 6.04 Å². The van der Waals surface area contributed by atoms with E-state index in [0.29, 0.717) is 11.3 Å². The fraction of sp³-hybridized carbons (Fsp3) is 0.471. The van der Waals surface area contributed by atoms with Crippen LogP contribution in [0.4, 0.5) is 5.69 Å². The van der Waals surface area contributed by atoms with Gasteiger partial charge in [0.15, 0.2) is 0 Å². The smallest absolute Gasteiger partial charge is 0.253 e. The summed E-state index contributed by atoms with van der Waals surface area (Å²) in [6.45, 7) is 7.15. The molecule has 1 aromatic rings. The standard InChI is InChI=1S/C17H26N4O3.ClH/c1-10(2)15(18)17(24)19-9-14(22)21-13-8-6-5-7-12(13)16(23)20-11(3)4;/h5-8,10-11,15H,9,18H2,1-4H3,(H,19,24)(H,20,23)(H,21,22);1H/t15-;/m0./s1. The lowest BCUT2D eigenvalue weighted by Gasteiger charge is -2.16. The molecule has 1 aromatic carbocycles. The summed E-state index contributed by atoms with van der Waals surface area (Å²) in [5.41, 5.74) is 6.47. The van der Waals surface area contributed by atoms with Gasteiger partial charge in [0.05, 0.1) is 23.8 Å². The van der Waals surface area contributed by atoms with E-state index in [-0.39, 0.29) is 42.7 Å². The largest absolute Gasteiger partial charge is 0.350 e. The van der Waals surface area contributed by atoms with Crippen molar-refractivity contribution >= 4 is 35.8 Å². The fourth-order valence-electron chi connectivity index (χ4n) is 1.91. The van der Waals surface area contributed by atoms with Gasteiger partial charge < -0.3 is 21.7 Å². The highest BCUT2D eigenvalue weighted by molar-refractivity contribution is 6.04. The van der Waals surface area contributed by atoms with Crippen LogP contribution in [0, 0.1) is 5.92 Å². The van der Waals surface area contributed by atoms with Crippen molar-refractivity contribution in [2.75, 3.05) is 11.9 Å². The van der Waals surface area contributed by atoms with E-state index in [4.69, 9.17) is 5.73 Å². The lowest BCUT2D eigenvalue weighted by atomic mass is 10.1. The van der Waals surface area contributed by atoms with Gasteiger partial charge in [0.2, 0.25) is 11.8 Å². The summed E-state index contributed by atoms with van der Waals surface area (Å²) < 4.78 is 0. The van der Waals surface area contributed by atoms with Crippen LogP contribution in [0.15, 0.2) is 24.3 Å². The van der Waals surface area contributed by atoms with Gasteiger partial charge in [-0.15, -0.1) is 12.4 Å². The van der Waals surface area contributed by atoms with Gasteiger partial charge in [-0.3, -0.25) is 14.4 Å². The second-order valence-electron chi connectivity index (χ2n) is 6.21. The zero-order valence-corrected chi connectivity index (χ0v) is 15.8. The summed E-state index contributed by atoms with van der Waals surface area (Å²) in [7, 11) is 0. The number of halogens is 1. The second-order valence-corrected chi connectivity index (χ2v) is 6.21. The van der Waals surface area contributed by atoms with Crippen molar-refractivity contribution in [2.24, 2.45) is 11.7 Å². The van der Waals surface area contributed by atoms with Gasteiger partial charge in [0.25, 0.3) is 5.91 Å². The summed E-state index contributed by atoms with van der Waals surface area (Å²) in [5, 5.41) is 7.89. The topological polar surface area (TPSA) is 113 Å². The number of benzene rings is 1. The summed E-state index contributed by atoms with van der Waals surface area (Å²) >= 11 is 0. The predicted octanol–water partition coefficient (Wildman–Crippen LogP) is 1.28. The number of rotatable bonds is 7. The first-order chi connectivity index (χ1) is 11.2. The number of anilines is 1. The second kappa shape index (κ2) is 10.7. The van der Waals surface area contributed by atoms with Crippen molar-refractivity contribution in [1.82, 2.24) is 10.6 Å². The molecule has 5 N–H and O–H groups in total. The Balaban J connectivity index is 0.00000576. The van der Waals surface area contributed by atoms with Crippen LogP contribution in [-0.2, 0) is 9.59 Å². The Morgan fingerprint density at radius 2 is 1.68 bits per heavy atom. The summed E-state index contributed by atoms with van der Waals surface area (Å²) in [6, 6.07) is 6.01. The number of hydrogen-bond acceptors (Lipinski definition) is 4. The number of amides is 3. The van der Waals surface area contributed by atoms with Crippen LogP contribution in [0.3, 0.4) is 0 Å². The maximum Gasteiger partial charge on any atom is 0.253 e. The van der Waals surface area contributed by atoms with Crippen molar-refractivity contribution < 1.29 is 14.4 Å². The molecule has 0 saturated carbocycles. The molecule has 1 atom stereocenters. The highest BCUT2D eigenvalue weighted by Gasteiger charge is 2.18. The zero-order chi connectivity index (χ0) is 18.3. The van der Waals surface area contributed by atoms with Crippen LogP contribution in [-0.4, -0.2) is 36.3 Å². The molecule has 0 bridgehead atoms. The Bertz CT molecular complexity index is 605. The van der Waals surface area contributed by atoms with Gasteiger partial charge in [0.1, 0.15) is 0 Å². The lowest BCUT2D eigenvalue weighted by Crippen LogP contribution is -2.46.